The van der Waals surface area contributed by atoms with Crippen LogP contribution in [0.4, 0.5) is 0 Å². The topological polar surface area (TPSA) is 55.4 Å². The number of sulfone groups is 1. The van der Waals surface area contributed by atoms with Crippen LogP contribution >= 0.6 is 12.2 Å². The van der Waals surface area contributed by atoms with Crippen molar-refractivity contribution in [2.24, 2.45) is 0 Å². The van der Waals surface area contributed by atoms with Gasteiger partial charge in [-0.15, -0.1) is 0 Å². The molecule has 6 heteroatoms. The lowest BCUT2D eigenvalue weighted by molar-refractivity contribution is 0.390. The summed E-state index contributed by atoms with van der Waals surface area (Å²) >= 11 is 4.70. The van der Waals surface area contributed by atoms with Crippen molar-refractivity contribution in [1.82, 2.24) is 5.32 Å². The SMILES string of the molecule is COC(=S)N[C@H]1C=CS(=O)(=O)C1. The van der Waals surface area contributed by atoms with E-state index in [-0.39, 0.29) is 17.0 Å². The fourth-order valence-corrected chi connectivity index (χ4v) is 2.26. The molecule has 1 heterocycles. The second-order valence-corrected chi connectivity index (χ2v) is 4.70. The first-order chi connectivity index (χ1) is 5.53. The van der Waals surface area contributed by atoms with Crippen molar-refractivity contribution in [1.29, 1.82) is 0 Å². The molecule has 0 aromatic heterocycles. The van der Waals surface area contributed by atoms with Crippen molar-refractivity contribution in [2.45, 2.75) is 6.04 Å². The van der Waals surface area contributed by atoms with Gasteiger partial charge in [0.05, 0.1) is 18.9 Å². The zero-order chi connectivity index (χ0) is 9.19. The molecule has 0 unspecified atom stereocenters. The van der Waals surface area contributed by atoms with Crippen LogP contribution in [-0.2, 0) is 14.6 Å². The Morgan fingerprint density at radius 1 is 1.75 bits per heavy atom. The van der Waals surface area contributed by atoms with Crippen LogP contribution in [0, 0.1) is 0 Å². The third-order valence-corrected chi connectivity index (χ3v) is 3.10. The lowest BCUT2D eigenvalue weighted by Crippen LogP contribution is -2.35. The van der Waals surface area contributed by atoms with E-state index in [0.717, 1.165) is 0 Å². The van der Waals surface area contributed by atoms with Gasteiger partial charge >= 0.3 is 0 Å². The van der Waals surface area contributed by atoms with E-state index in [2.05, 4.69) is 10.1 Å². The van der Waals surface area contributed by atoms with Crippen molar-refractivity contribution in [3.05, 3.63) is 11.5 Å². The molecule has 0 spiro atoms. The summed E-state index contributed by atoms with van der Waals surface area (Å²) in [5.41, 5.74) is 0. The molecular formula is C6H9NO3S2. The van der Waals surface area contributed by atoms with Crippen molar-refractivity contribution in [2.75, 3.05) is 12.9 Å². The van der Waals surface area contributed by atoms with E-state index in [1.807, 2.05) is 0 Å². The average molecular weight is 207 g/mol. The molecule has 12 heavy (non-hydrogen) atoms. The molecule has 4 nitrogen and oxygen atoms in total. The van der Waals surface area contributed by atoms with Crippen molar-refractivity contribution in [3.8, 4) is 0 Å². The van der Waals surface area contributed by atoms with Gasteiger partial charge in [0.2, 0.25) is 0 Å². The summed E-state index contributed by atoms with van der Waals surface area (Å²) in [6.45, 7) is 0. The number of thiocarbonyl (C=S) groups is 1. The fourth-order valence-electron chi connectivity index (χ4n) is 0.876. The Morgan fingerprint density at radius 3 is 2.83 bits per heavy atom. The quantitative estimate of drug-likeness (QED) is 0.604. The van der Waals surface area contributed by atoms with E-state index in [9.17, 15) is 8.42 Å². The molecule has 68 valence electrons. The Bertz CT molecular complexity index is 307. The van der Waals surface area contributed by atoms with Gasteiger partial charge in [-0.1, -0.05) is 0 Å². The summed E-state index contributed by atoms with van der Waals surface area (Å²) in [4.78, 5) is 0. The number of hydrogen-bond donors (Lipinski definition) is 1. The van der Waals surface area contributed by atoms with Crippen LogP contribution in [0.3, 0.4) is 0 Å². The summed E-state index contributed by atoms with van der Waals surface area (Å²) in [5.74, 6) is 0.0521. The number of rotatable bonds is 1. The van der Waals surface area contributed by atoms with Gasteiger partial charge in [0, 0.05) is 5.41 Å². The summed E-state index contributed by atoms with van der Waals surface area (Å²) in [7, 11) is -1.57. The first kappa shape index (κ1) is 9.47. The predicted molar refractivity (Wildman–Crippen MR) is 49.5 cm³/mol. The summed E-state index contributed by atoms with van der Waals surface area (Å²) < 4.78 is 26.5. The molecule has 0 aliphatic carbocycles. The Kier molecular flexibility index (Phi) is 2.69. The number of methoxy groups -OCH3 is 1. The van der Waals surface area contributed by atoms with E-state index >= 15 is 0 Å². The van der Waals surface area contributed by atoms with Gasteiger partial charge in [0.25, 0.3) is 5.17 Å². The van der Waals surface area contributed by atoms with Crippen molar-refractivity contribution >= 4 is 27.2 Å². The Balaban J connectivity index is 2.51. The van der Waals surface area contributed by atoms with Gasteiger partial charge < -0.3 is 10.1 Å². The van der Waals surface area contributed by atoms with E-state index in [0.29, 0.717) is 0 Å². The highest BCUT2D eigenvalue weighted by Crippen LogP contribution is 2.07. The van der Waals surface area contributed by atoms with Crippen molar-refractivity contribution < 1.29 is 13.2 Å². The third-order valence-electron chi connectivity index (χ3n) is 1.42. The maximum atomic E-state index is 10.9. The smallest absolute Gasteiger partial charge is 0.256 e. The normalized spacial score (nSPS) is 25.2. The molecule has 0 bridgehead atoms. The van der Waals surface area contributed by atoms with E-state index in [1.54, 1.807) is 6.08 Å². The number of nitrogens with one attached hydrogen (secondary N) is 1. The van der Waals surface area contributed by atoms with Gasteiger partial charge in [-0.05, 0) is 18.3 Å². The minimum absolute atomic E-state index is 0.0521. The van der Waals surface area contributed by atoms with Gasteiger partial charge in [0.15, 0.2) is 9.84 Å². The summed E-state index contributed by atoms with van der Waals surface area (Å²) in [5, 5.41) is 4.12. The van der Waals surface area contributed by atoms with Gasteiger partial charge in [-0.2, -0.15) is 0 Å². The summed E-state index contributed by atoms with van der Waals surface area (Å²) in [6, 6.07) is -0.248. The van der Waals surface area contributed by atoms with Gasteiger partial charge in [-0.3, -0.25) is 0 Å². The maximum absolute atomic E-state index is 10.9. The van der Waals surface area contributed by atoms with Gasteiger partial charge in [0.1, 0.15) is 0 Å². The number of hydrogen-bond acceptors (Lipinski definition) is 4. The Labute approximate surface area is 76.5 Å². The van der Waals surface area contributed by atoms with Crippen LogP contribution in [0.2, 0.25) is 0 Å². The third kappa shape index (κ3) is 2.46. The largest absolute Gasteiger partial charge is 0.474 e. The second-order valence-electron chi connectivity index (χ2n) is 2.40. The van der Waals surface area contributed by atoms with Crippen LogP contribution in [-0.4, -0.2) is 32.5 Å². The average Bonchev–Trinajstić information content (AvgIpc) is 2.30. The molecule has 0 amide bonds. The predicted octanol–water partition coefficient (Wildman–Crippen LogP) is -0.182. The molecule has 0 aromatic rings. The van der Waals surface area contributed by atoms with Gasteiger partial charge in [-0.25, -0.2) is 8.42 Å². The first-order valence-corrected chi connectivity index (χ1v) is 5.41. The molecule has 0 fully saturated rings. The summed E-state index contributed by atoms with van der Waals surface area (Å²) in [6.07, 6.45) is 1.56. The van der Waals surface area contributed by atoms with Crippen LogP contribution in [0.5, 0.6) is 0 Å². The molecule has 1 aliphatic heterocycles. The van der Waals surface area contributed by atoms with E-state index < -0.39 is 9.84 Å². The molecule has 0 aromatic carbocycles. The first-order valence-electron chi connectivity index (χ1n) is 3.29. The molecule has 0 saturated heterocycles. The lowest BCUT2D eigenvalue weighted by atomic mass is 10.3. The molecule has 0 saturated carbocycles. The highest BCUT2D eigenvalue weighted by atomic mass is 32.2. The molecule has 1 atom stereocenters. The molecular weight excluding hydrogens is 198 g/mol. The fraction of sp³-hybridized carbons (Fsp3) is 0.500. The minimum atomic E-state index is -3.01. The zero-order valence-corrected chi connectivity index (χ0v) is 8.11. The Hall–Kier alpha value is -0.620. The van der Waals surface area contributed by atoms with Crippen LogP contribution in [0.15, 0.2) is 11.5 Å². The maximum Gasteiger partial charge on any atom is 0.256 e. The highest BCUT2D eigenvalue weighted by Gasteiger charge is 2.21. The van der Waals surface area contributed by atoms with Crippen LogP contribution in [0.1, 0.15) is 0 Å². The molecule has 0 radical (unpaired) electrons. The van der Waals surface area contributed by atoms with Crippen LogP contribution in [0.25, 0.3) is 0 Å². The minimum Gasteiger partial charge on any atom is -0.474 e. The van der Waals surface area contributed by atoms with E-state index in [4.69, 9.17) is 12.2 Å². The highest BCUT2D eigenvalue weighted by molar-refractivity contribution is 7.94. The molecule has 1 aliphatic rings. The zero-order valence-electron chi connectivity index (χ0n) is 6.48. The second kappa shape index (κ2) is 3.40. The molecule has 1 rings (SSSR count). The Morgan fingerprint density at radius 2 is 2.42 bits per heavy atom. The lowest BCUT2D eigenvalue weighted by Gasteiger charge is -2.09. The monoisotopic (exact) mass is 207 g/mol. The number of ether oxygens (including phenoxy) is 1. The standard InChI is InChI=1S/C6H9NO3S2/c1-10-6(11)7-5-2-3-12(8,9)4-5/h2-3,5H,4H2,1H3,(H,7,11)/t5-/m0/s1. The van der Waals surface area contributed by atoms with Crippen molar-refractivity contribution in [3.63, 3.8) is 0 Å². The molecule has 1 N–H and O–H groups in total. The van der Waals surface area contributed by atoms with Crippen LogP contribution < -0.4 is 5.32 Å². The van der Waals surface area contributed by atoms with E-state index in [1.165, 1.54) is 12.5 Å².